The maximum Gasteiger partial charge on any atom is 0.267 e. The molecule has 1 aliphatic rings. The van der Waals surface area contributed by atoms with Gasteiger partial charge in [-0.3, -0.25) is 9.59 Å². The number of rotatable bonds is 5. The van der Waals surface area contributed by atoms with Crippen LogP contribution in [0.5, 0.6) is 0 Å². The van der Waals surface area contributed by atoms with Gasteiger partial charge in [-0.15, -0.1) is 0 Å². The average molecular weight is 356 g/mol. The van der Waals surface area contributed by atoms with E-state index in [1.54, 1.807) is 0 Å². The summed E-state index contributed by atoms with van der Waals surface area (Å²) in [5.74, 6) is -0.0439. The van der Waals surface area contributed by atoms with Crippen molar-refractivity contribution in [3.8, 4) is 0 Å². The van der Waals surface area contributed by atoms with E-state index >= 15 is 0 Å². The first-order valence-electron chi connectivity index (χ1n) is 9.36. The summed E-state index contributed by atoms with van der Waals surface area (Å²) in [5, 5.41) is 7.21. The van der Waals surface area contributed by atoms with Crippen LogP contribution in [0.1, 0.15) is 53.7 Å². The molecular formula is C20H28N4O2. The highest BCUT2D eigenvalue weighted by molar-refractivity contribution is 5.99. The summed E-state index contributed by atoms with van der Waals surface area (Å²) in [7, 11) is 0. The quantitative estimate of drug-likeness (QED) is 0.661. The SMILES string of the molecule is Cc1cc(C)c2[nH]c(C(=O)NC3CCC(NC(=O)CCN)CC3)cc2c1. The molecule has 1 saturated carbocycles. The third-order valence-electron chi connectivity index (χ3n) is 5.11. The van der Waals surface area contributed by atoms with E-state index in [4.69, 9.17) is 5.73 Å². The Balaban J connectivity index is 1.56. The fourth-order valence-corrected chi connectivity index (χ4v) is 3.81. The van der Waals surface area contributed by atoms with E-state index in [0.717, 1.165) is 42.1 Å². The van der Waals surface area contributed by atoms with Crippen LogP contribution in [0, 0.1) is 13.8 Å². The molecule has 0 atom stereocenters. The van der Waals surface area contributed by atoms with Crippen molar-refractivity contribution in [2.45, 2.75) is 58.0 Å². The van der Waals surface area contributed by atoms with E-state index in [2.05, 4.69) is 34.7 Å². The second kappa shape index (κ2) is 7.91. The number of benzene rings is 1. The summed E-state index contributed by atoms with van der Waals surface area (Å²) in [6.45, 7) is 4.48. The second-order valence-corrected chi connectivity index (χ2v) is 7.36. The Kier molecular flexibility index (Phi) is 5.61. The summed E-state index contributed by atoms with van der Waals surface area (Å²) >= 11 is 0. The summed E-state index contributed by atoms with van der Waals surface area (Å²) in [5.41, 5.74) is 9.36. The molecule has 1 aromatic heterocycles. The van der Waals surface area contributed by atoms with Crippen molar-refractivity contribution >= 4 is 22.7 Å². The van der Waals surface area contributed by atoms with Gasteiger partial charge in [0.25, 0.3) is 5.91 Å². The van der Waals surface area contributed by atoms with Crippen LogP contribution in [0.2, 0.25) is 0 Å². The highest BCUT2D eigenvalue weighted by atomic mass is 16.2. The molecule has 0 aliphatic heterocycles. The van der Waals surface area contributed by atoms with Crippen molar-refractivity contribution in [1.82, 2.24) is 15.6 Å². The number of nitrogens with two attached hydrogens (primary N) is 1. The molecule has 1 aromatic carbocycles. The Hall–Kier alpha value is -2.34. The number of hydrogen-bond donors (Lipinski definition) is 4. The van der Waals surface area contributed by atoms with E-state index in [0.29, 0.717) is 18.7 Å². The topological polar surface area (TPSA) is 100 Å². The lowest BCUT2D eigenvalue weighted by molar-refractivity contribution is -0.121. The second-order valence-electron chi connectivity index (χ2n) is 7.36. The standard InChI is InChI=1S/C20H28N4O2/c1-12-9-13(2)19-14(10-12)11-17(24-19)20(26)23-16-5-3-15(4-6-16)22-18(25)7-8-21/h9-11,15-16,24H,3-8,21H2,1-2H3,(H,22,25)(H,23,26). The zero-order valence-corrected chi connectivity index (χ0v) is 15.5. The molecule has 0 spiro atoms. The van der Waals surface area contributed by atoms with E-state index in [-0.39, 0.29) is 23.9 Å². The van der Waals surface area contributed by atoms with Crippen LogP contribution in [-0.4, -0.2) is 35.4 Å². The van der Waals surface area contributed by atoms with E-state index in [1.165, 1.54) is 5.56 Å². The molecule has 26 heavy (non-hydrogen) atoms. The Morgan fingerprint density at radius 1 is 1.08 bits per heavy atom. The van der Waals surface area contributed by atoms with Gasteiger partial charge in [0.2, 0.25) is 5.91 Å². The molecule has 2 aromatic rings. The molecule has 6 heteroatoms. The number of fused-ring (bicyclic) bond motifs is 1. The third-order valence-corrected chi connectivity index (χ3v) is 5.11. The number of carbonyl (C=O) groups excluding carboxylic acids is 2. The highest BCUT2D eigenvalue weighted by Gasteiger charge is 2.24. The van der Waals surface area contributed by atoms with Crippen molar-refractivity contribution in [2.24, 2.45) is 5.73 Å². The monoisotopic (exact) mass is 356 g/mol. The molecule has 2 amide bonds. The average Bonchev–Trinajstić information content (AvgIpc) is 3.01. The fourth-order valence-electron chi connectivity index (χ4n) is 3.81. The first-order valence-corrected chi connectivity index (χ1v) is 9.36. The van der Waals surface area contributed by atoms with Crippen molar-refractivity contribution in [2.75, 3.05) is 6.54 Å². The number of hydrogen-bond acceptors (Lipinski definition) is 3. The summed E-state index contributed by atoms with van der Waals surface area (Å²) in [4.78, 5) is 27.5. The summed E-state index contributed by atoms with van der Waals surface area (Å²) < 4.78 is 0. The van der Waals surface area contributed by atoms with E-state index in [9.17, 15) is 9.59 Å². The number of aromatic amines is 1. The Bertz CT molecular complexity index is 803. The smallest absolute Gasteiger partial charge is 0.267 e. The minimum absolute atomic E-state index is 0.0173. The first kappa shape index (κ1) is 18.5. The van der Waals surface area contributed by atoms with Crippen LogP contribution in [0.4, 0.5) is 0 Å². The van der Waals surface area contributed by atoms with Gasteiger partial charge in [0.15, 0.2) is 0 Å². The van der Waals surface area contributed by atoms with Gasteiger partial charge in [-0.05, 0) is 57.2 Å². The predicted molar refractivity (Wildman–Crippen MR) is 103 cm³/mol. The van der Waals surface area contributed by atoms with Crippen LogP contribution >= 0.6 is 0 Å². The van der Waals surface area contributed by atoms with Crippen LogP contribution in [0.3, 0.4) is 0 Å². The lowest BCUT2D eigenvalue weighted by Crippen LogP contribution is -2.44. The van der Waals surface area contributed by atoms with Crippen molar-refractivity contribution in [3.05, 3.63) is 35.0 Å². The number of aryl methyl sites for hydroxylation is 2. The molecule has 1 fully saturated rings. The number of H-pyrrole nitrogens is 1. The zero-order chi connectivity index (χ0) is 18.7. The molecule has 0 bridgehead atoms. The predicted octanol–water partition coefficient (Wildman–Crippen LogP) is 2.29. The number of nitrogens with one attached hydrogen (secondary N) is 3. The Morgan fingerprint density at radius 2 is 1.73 bits per heavy atom. The van der Waals surface area contributed by atoms with Gasteiger partial charge in [-0.1, -0.05) is 11.6 Å². The molecule has 3 rings (SSSR count). The van der Waals surface area contributed by atoms with E-state index < -0.39 is 0 Å². The molecule has 1 aliphatic carbocycles. The molecule has 0 saturated heterocycles. The minimum atomic E-state index is -0.0612. The molecule has 0 radical (unpaired) electrons. The number of amides is 2. The van der Waals surface area contributed by atoms with Gasteiger partial charge >= 0.3 is 0 Å². The number of aromatic nitrogens is 1. The van der Waals surface area contributed by atoms with Gasteiger partial charge < -0.3 is 21.4 Å². The maximum absolute atomic E-state index is 12.6. The lowest BCUT2D eigenvalue weighted by atomic mass is 9.91. The van der Waals surface area contributed by atoms with Gasteiger partial charge in [-0.25, -0.2) is 0 Å². The fraction of sp³-hybridized carbons (Fsp3) is 0.500. The van der Waals surface area contributed by atoms with Crippen molar-refractivity contribution < 1.29 is 9.59 Å². The summed E-state index contributed by atoms with van der Waals surface area (Å²) in [6.07, 6.45) is 3.88. The Labute approximate surface area is 153 Å². The first-order chi connectivity index (χ1) is 12.5. The van der Waals surface area contributed by atoms with Gasteiger partial charge in [0.1, 0.15) is 5.69 Å². The van der Waals surface area contributed by atoms with Crippen molar-refractivity contribution in [1.29, 1.82) is 0 Å². The molecule has 1 heterocycles. The third kappa shape index (κ3) is 4.25. The molecule has 0 unspecified atom stereocenters. The van der Waals surface area contributed by atoms with Crippen molar-refractivity contribution in [3.63, 3.8) is 0 Å². The maximum atomic E-state index is 12.6. The van der Waals surface area contributed by atoms with Crippen LogP contribution in [0.15, 0.2) is 18.2 Å². The Morgan fingerprint density at radius 3 is 2.38 bits per heavy atom. The molecule has 6 nitrogen and oxygen atoms in total. The highest BCUT2D eigenvalue weighted by Crippen LogP contribution is 2.22. The van der Waals surface area contributed by atoms with Crippen LogP contribution in [0.25, 0.3) is 10.9 Å². The minimum Gasteiger partial charge on any atom is -0.353 e. The van der Waals surface area contributed by atoms with E-state index in [1.807, 2.05) is 13.0 Å². The van der Waals surface area contributed by atoms with Gasteiger partial charge in [0, 0.05) is 36.0 Å². The van der Waals surface area contributed by atoms with Gasteiger partial charge in [0.05, 0.1) is 0 Å². The lowest BCUT2D eigenvalue weighted by Gasteiger charge is -2.29. The zero-order valence-electron chi connectivity index (χ0n) is 15.5. The molecular weight excluding hydrogens is 328 g/mol. The molecule has 140 valence electrons. The summed E-state index contributed by atoms with van der Waals surface area (Å²) in [6, 6.07) is 6.47. The normalized spacial score (nSPS) is 20.1. The molecule has 5 N–H and O–H groups in total. The van der Waals surface area contributed by atoms with Gasteiger partial charge in [-0.2, -0.15) is 0 Å². The van der Waals surface area contributed by atoms with Crippen LogP contribution in [-0.2, 0) is 4.79 Å². The largest absolute Gasteiger partial charge is 0.353 e. The van der Waals surface area contributed by atoms with Crippen LogP contribution < -0.4 is 16.4 Å². The number of carbonyl (C=O) groups is 2.